The van der Waals surface area contributed by atoms with Crippen molar-refractivity contribution in [2.75, 3.05) is 31.1 Å². The van der Waals surface area contributed by atoms with Gasteiger partial charge >= 0.3 is 0 Å². The number of rotatable bonds is 4. The molecule has 0 amide bonds. The van der Waals surface area contributed by atoms with E-state index in [9.17, 15) is 0 Å². The standard InChI is InChI=1S/C19H21N7O/c20-18(25-9-11-26(12-10-25)19-21-7-4-8-22-19)23-14-16-13-17(27-24-16)15-5-2-1-3-6-15/h1-8,13H,9-12,14H2,(H2,20,23). The molecule has 1 fully saturated rings. The molecule has 0 atom stereocenters. The number of aromatic nitrogens is 3. The summed E-state index contributed by atoms with van der Waals surface area (Å²) in [5.74, 6) is 2.01. The van der Waals surface area contributed by atoms with Crippen LogP contribution in [0.3, 0.4) is 0 Å². The smallest absolute Gasteiger partial charge is 0.225 e. The maximum absolute atomic E-state index is 6.17. The van der Waals surface area contributed by atoms with E-state index >= 15 is 0 Å². The first-order valence-corrected chi connectivity index (χ1v) is 8.87. The molecule has 138 valence electrons. The summed E-state index contributed by atoms with van der Waals surface area (Å²) in [6.45, 7) is 3.57. The lowest BCUT2D eigenvalue weighted by Gasteiger charge is -2.35. The second kappa shape index (κ2) is 7.86. The topological polar surface area (TPSA) is 96.7 Å². The van der Waals surface area contributed by atoms with E-state index in [1.807, 2.05) is 42.5 Å². The predicted octanol–water partition coefficient (Wildman–Crippen LogP) is 1.77. The van der Waals surface area contributed by atoms with Crippen LogP contribution in [0.1, 0.15) is 5.69 Å². The number of guanidine groups is 1. The first-order chi connectivity index (χ1) is 13.3. The number of anilines is 1. The molecule has 1 aliphatic heterocycles. The van der Waals surface area contributed by atoms with Gasteiger partial charge in [0.05, 0.1) is 6.54 Å². The average molecular weight is 363 g/mol. The summed E-state index contributed by atoms with van der Waals surface area (Å²) >= 11 is 0. The SMILES string of the molecule is NC(=NCc1cc(-c2ccccc2)on1)N1CCN(c2ncccn2)CC1. The summed E-state index contributed by atoms with van der Waals surface area (Å²) in [5, 5.41) is 4.08. The first-order valence-electron chi connectivity index (χ1n) is 8.87. The number of aliphatic imine (C=N–C) groups is 1. The summed E-state index contributed by atoms with van der Waals surface area (Å²) in [4.78, 5) is 17.3. The van der Waals surface area contributed by atoms with Gasteiger partial charge in [0, 0.05) is 50.2 Å². The van der Waals surface area contributed by atoms with E-state index in [0.29, 0.717) is 12.5 Å². The third-order valence-corrected chi connectivity index (χ3v) is 4.46. The van der Waals surface area contributed by atoms with Gasteiger partial charge in [-0.05, 0) is 6.07 Å². The van der Waals surface area contributed by atoms with Gasteiger partial charge in [-0.1, -0.05) is 35.5 Å². The fourth-order valence-corrected chi connectivity index (χ4v) is 2.98. The fraction of sp³-hybridized carbons (Fsp3) is 0.263. The summed E-state index contributed by atoms with van der Waals surface area (Å²) in [5.41, 5.74) is 7.92. The summed E-state index contributed by atoms with van der Waals surface area (Å²) in [6.07, 6.45) is 3.51. The largest absolute Gasteiger partial charge is 0.370 e. The first kappa shape index (κ1) is 17.0. The van der Waals surface area contributed by atoms with Crippen molar-refractivity contribution in [3.05, 3.63) is 60.6 Å². The van der Waals surface area contributed by atoms with Crippen molar-refractivity contribution in [3.8, 4) is 11.3 Å². The molecular formula is C19H21N7O. The number of hydrogen-bond donors (Lipinski definition) is 1. The van der Waals surface area contributed by atoms with Gasteiger partial charge in [-0.25, -0.2) is 15.0 Å². The van der Waals surface area contributed by atoms with E-state index in [0.717, 1.165) is 49.1 Å². The molecule has 2 aromatic heterocycles. The molecule has 0 spiro atoms. The zero-order valence-electron chi connectivity index (χ0n) is 14.9. The molecular weight excluding hydrogens is 342 g/mol. The van der Waals surface area contributed by atoms with E-state index in [1.54, 1.807) is 12.4 Å². The van der Waals surface area contributed by atoms with Crippen LogP contribution in [0.25, 0.3) is 11.3 Å². The van der Waals surface area contributed by atoms with Crippen molar-refractivity contribution in [1.82, 2.24) is 20.0 Å². The quantitative estimate of drug-likeness (QED) is 0.557. The van der Waals surface area contributed by atoms with Crippen molar-refractivity contribution >= 4 is 11.9 Å². The van der Waals surface area contributed by atoms with Crippen molar-refractivity contribution in [2.24, 2.45) is 10.7 Å². The van der Waals surface area contributed by atoms with Gasteiger partial charge in [-0.15, -0.1) is 0 Å². The van der Waals surface area contributed by atoms with Crippen LogP contribution in [0.4, 0.5) is 5.95 Å². The Morgan fingerprint density at radius 2 is 1.78 bits per heavy atom. The molecule has 1 aromatic carbocycles. The Bertz CT molecular complexity index is 887. The lowest BCUT2D eigenvalue weighted by molar-refractivity contribution is 0.377. The fourth-order valence-electron chi connectivity index (χ4n) is 2.98. The number of piperazine rings is 1. The zero-order valence-corrected chi connectivity index (χ0v) is 14.9. The Labute approximate surface area is 157 Å². The number of nitrogens with two attached hydrogens (primary N) is 1. The molecule has 8 nitrogen and oxygen atoms in total. The minimum Gasteiger partial charge on any atom is -0.370 e. The Morgan fingerprint density at radius 1 is 1.04 bits per heavy atom. The molecule has 0 saturated carbocycles. The second-order valence-corrected chi connectivity index (χ2v) is 6.25. The minimum absolute atomic E-state index is 0.393. The van der Waals surface area contributed by atoms with E-state index < -0.39 is 0 Å². The predicted molar refractivity (Wildman–Crippen MR) is 103 cm³/mol. The molecule has 3 heterocycles. The van der Waals surface area contributed by atoms with Gasteiger partial charge in [0.25, 0.3) is 0 Å². The third kappa shape index (κ3) is 4.05. The highest BCUT2D eigenvalue weighted by Crippen LogP contribution is 2.20. The molecule has 0 radical (unpaired) electrons. The lowest BCUT2D eigenvalue weighted by Crippen LogP contribution is -2.51. The number of benzene rings is 1. The lowest BCUT2D eigenvalue weighted by atomic mass is 10.2. The molecule has 1 aliphatic rings. The van der Waals surface area contributed by atoms with Gasteiger partial charge in [-0.3, -0.25) is 0 Å². The van der Waals surface area contributed by atoms with E-state index in [-0.39, 0.29) is 0 Å². The Hall–Kier alpha value is -3.42. The van der Waals surface area contributed by atoms with Gasteiger partial charge in [0.15, 0.2) is 11.7 Å². The van der Waals surface area contributed by atoms with Crippen LogP contribution in [0.15, 0.2) is 64.4 Å². The molecule has 4 rings (SSSR count). The second-order valence-electron chi connectivity index (χ2n) is 6.25. The van der Waals surface area contributed by atoms with Crippen LogP contribution in [-0.4, -0.2) is 52.2 Å². The van der Waals surface area contributed by atoms with Gasteiger partial charge in [0.1, 0.15) is 5.69 Å². The maximum atomic E-state index is 6.17. The number of hydrogen-bond acceptors (Lipinski definition) is 6. The Kier molecular flexibility index (Phi) is 4.95. The monoisotopic (exact) mass is 363 g/mol. The van der Waals surface area contributed by atoms with Crippen LogP contribution in [0, 0.1) is 0 Å². The average Bonchev–Trinajstić information content (AvgIpc) is 3.22. The highest BCUT2D eigenvalue weighted by atomic mass is 16.5. The third-order valence-electron chi connectivity index (χ3n) is 4.46. The van der Waals surface area contributed by atoms with Gasteiger partial charge in [-0.2, -0.15) is 0 Å². The molecule has 0 aliphatic carbocycles. The molecule has 0 unspecified atom stereocenters. The van der Waals surface area contributed by atoms with Gasteiger partial charge in [0.2, 0.25) is 5.95 Å². The molecule has 1 saturated heterocycles. The van der Waals surface area contributed by atoms with Crippen LogP contribution in [-0.2, 0) is 6.54 Å². The molecule has 3 aromatic rings. The minimum atomic E-state index is 0.393. The zero-order chi connectivity index (χ0) is 18.5. The van der Waals surface area contributed by atoms with E-state index in [2.05, 4.69) is 29.9 Å². The van der Waals surface area contributed by atoms with E-state index in [4.69, 9.17) is 10.3 Å². The number of nitrogens with zero attached hydrogens (tertiary/aromatic N) is 6. The van der Waals surface area contributed by atoms with Crippen molar-refractivity contribution in [2.45, 2.75) is 6.54 Å². The highest BCUT2D eigenvalue weighted by Gasteiger charge is 2.20. The van der Waals surface area contributed by atoms with Gasteiger partial charge < -0.3 is 20.1 Å². The summed E-state index contributed by atoms with van der Waals surface area (Å²) in [6, 6.07) is 13.6. The van der Waals surface area contributed by atoms with Crippen LogP contribution >= 0.6 is 0 Å². The van der Waals surface area contributed by atoms with Crippen LogP contribution in [0.2, 0.25) is 0 Å². The molecule has 0 bridgehead atoms. The highest BCUT2D eigenvalue weighted by molar-refractivity contribution is 5.78. The Balaban J connectivity index is 1.33. The van der Waals surface area contributed by atoms with Crippen molar-refractivity contribution in [1.29, 1.82) is 0 Å². The Morgan fingerprint density at radius 3 is 2.52 bits per heavy atom. The van der Waals surface area contributed by atoms with Crippen LogP contribution < -0.4 is 10.6 Å². The van der Waals surface area contributed by atoms with E-state index in [1.165, 1.54) is 0 Å². The van der Waals surface area contributed by atoms with Crippen LogP contribution in [0.5, 0.6) is 0 Å². The van der Waals surface area contributed by atoms with Crippen molar-refractivity contribution < 1.29 is 4.52 Å². The molecule has 2 N–H and O–H groups in total. The maximum Gasteiger partial charge on any atom is 0.225 e. The van der Waals surface area contributed by atoms with Crippen molar-refractivity contribution in [3.63, 3.8) is 0 Å². The summed E-state index contributed by atoms with van der Waals surface area (Å²) in [7, 11) is 0. The normalized spacial score (nSPS) is 15.2. The molecule has 8 heteroatoms. The summed E-state index contributed by atoms with van der Waals surface area (Å²) < 4.78 is 5.40. The molecule has 27 heavy (non-hydrogen) atoms.